The van der Waals surface area contributed by atoms with Crippen molar-refractivity contribution in [1.82, 2.24) is 9.62 Å². The Morgan fingerprint density at radius 3 is 2.18 bits per heavy atom. The first kappa shape index (κ1) is 22.4. The number of nitrogens with one attached hydrogen (secondary N) is 1. The molecule has 0 aliphatic rings. The normalized spacial score (nSPS) is 12.8. The zero-order valence-corrected chi connectivity index (χ0v) is 18.7. The summed E-state index contributed by atoms with van der Waals surface area (Å²) in [5, 5.41) is 2.80. The van der Waals surface area contributed by atoms with Crippen LogP contribution in [0.2, 0.25) is 0 Å². The molecule has 6 nitrogen and oxygen atoms in total. The fourth-order valence-electron chi connectivity index (χ4n) is 2.33. The number of nitrogens with zero attached hydrogens (tertiary/aromatic N) is 1. The molecule has 152 valence electrons. The van der Waals surface area contributed by atoms with Crippen LogP contribution in [-0.2, 0) is 21.4 Å². The Labute approximate surface area is 175 Å². The Bertz CT molecular complexity index is 897. The molecule has 1 atom stereocenters. The maximum Gasteiger partial charge on any atom is 0.261 e. The van der Waals surface area contributed by atoms with Gasteiger partial charge < -0.3 is 10.1 Å². The largest absolute Gasteiger partial charge is 0.481 e. The molecular weight excluding hydrogens is 444 g/mol. The van der Waals surface area contributed by atoms with Crippen molar-refractivity contribution in [3.63, 3.8) is 0 Å². The zero-order chi connectivity index (χ0) is 20.9. The van der Waals surface area contributed by atoms with E-state index in [9.17, 15) is 13.2 Å². The van der Waals surface area contributed by atoms with Gasteiger partial charge in [0.15, 0.2) is 6.10 Å². The lowest BCUT2D eigenvalue weighted by molar-refractivity contribution is -0.127. The number of sulfonamides is 1. The minimum absolute atomic E-state index is 0.129. The highest BCUT2D eigenvalue weighted by Crippen LogP contribution is 2.18. The van der Waals surface area contributed by atoms with Crippen molar-refractivity contribution in [2.75, 3.05) is 7.05 Å². The van der Waals surface area contributed by atoms with Gasteiger partial charge in [0, 0.05) is 24.1 Å². The van der Waals surface area contributed by atoms with E-state index in [1.54, 1.807) is 50.4 Å². The van der Waals surface area contributed by atoms with Crippen LogP contribution in [0.3, 0.4) is 0 Å². The maximum atomic E-state index is 12.5. The summed E-state index contributed by atoms with van der Waals surface area (Å²) in [6, 6.07) is 13.6. The topological polar surface area (TPSA) is 75.7 Å². The minimum Gasteiger partial charge on any atom is -0.481 e. The number of carbonyl (C=O) groups excluding carboxylic acids is 1. The molecule has 0 fully saturated rings. The molecule has 0 heterocycles. The van der Waals surface area contributed by atoms with E-state index in [0.29, 0.717) is 5.75 Å². The summed E-state index contributed by atoms with van der Waals surface area (Å²) in [5.41, 5.74) is 0.801. The van der Waals surface area contributed by atoms with Gasteiger partial charge in [-0.05, 0) is 62.7 Å². The average molecular weight is 469 g/mol. The Balaban J connectivity index is 1.93. The van der Waals surface area contributed by atoms with E-state index in [1.807, 2.05) is 26.0 Å². The number of hydrogen-bond donors (Lipinski definition) is 1. The highest BCUT2D eigenvalue weighted by Gasteiger charge is 2.22. The molecule has 0 radical (unpaired) electrons. The fraction of sp³-hybridized carbons (Fsp3) is 0.350. The molecule has 0 saturated carbocycles. The summed E-state index contributed by atoms with van der Waals surface area (Å²) in [6.07, 6.45) is -0.652. The molecule has 0 spiro atoms. The molecule has 2 rings (SSSR count). The van der Waals surface area contributed by atoms with E-state index in [1.165, 1.54) is 4.31 Å². The average Bonchev–Trinajstić information content (AvgIpc) is 2.67. The molecule has 0 bridgehead atoms. The van der Waals surface area contributed by atoms with Crippen molar-refractivity contribution in [1.29, 1.82) is 0 Å². The summed E-state index contributed by atoms with van der Waals surface area (Å²) in [6.45, 7) is 5.60. The van der Waals surface area contributed by atoms with Crippen LogP contribution in [0.5, 0.6) is 5.75 Å². The first-order chi connectivity index (χ1) is 13.1. The number of rotatable bonds is 8. The number of amides is 1. The number of hydrogen-bond acceptors (Lipinski definition) is 4. The second-order valence-corrected chi connectivity index (χ2v) is 9.60. The van der Waals surface area contributed by atoms with E-state index in [2.05, 4.69) is 21.2 Å². The summed E-state index contributed by atoms with van der Waals surface area (Å²) in [7, 11) is -1.96. The van der Waals surface area contributed by atoms with Gasteiger partial charge in [-0.25, -0.2) is 8.42 Å². The molecule has 0 aromatic heterocycles. The molecule has 2 aromatic rings. The van der Waals surface area contributed by atoms with Crippen LogP contribution < -0.4 is 10.1 Å². The quantitative estimate of drug-likeness (QED) is 0.642. The van der Waals surface area contributed by atoms with E-state index in [4.69, 9.17) is 4.74 Å². The fourth-order valence-corrected chi connectivity index (χ4v) is 3.96. The van der Waals surface area contributed by atoms with Gasteiger partial charge in [-0.15, -0.1) is 0 Å². The first-order valence-corrected chi connectivity index (χ1v) is 11.1. The Hall–Kier alpha value is -1.90. The standard InChI is InChI=1S/C20H25BrN2O4S/c1-14(2)23(4)28(25,26)19-11-5-16(6-12-19)13-22-20(24)15(3)27-18-9-7-17(21)8-10-18/h5-12,14-15H,13H2,1-4H3,(H,22,24). The smallest absolute Gasteiger partial charge is 0.261 e. The number of carbonyl (C=O) groups is 1. The van der Waals surface area contributed by atoms with Crippen molar-refractivity contribution >= 4 is 31.9 Å². The molecule has 2 aromatic carbocycles. The second kappa shape index (κ2) is 9.54. The van der Waals surface area contributed by atoms with Crippen LogP contribution in [0.15, 0.2) is 57.9 Å². The first-order valence-electron chi connectivity index (χ1n) is 8.88. The van der Waals surface area contributed by atoms with Crippen molar-refractivity contribution in [3.05, 3.63) is 58.6 Å². The summed E-state index contributed by atoms with van der Waals surface area (Å²) in [4.78, 5) is 12.5. The van der Waals surface area contributed by atoms with Crippen LogP contribution in [-0.4, -0.2) is 37.8 Å². The van der Waals surface area contributed by atoms with Crippen LogP contribution in [0.25, 0.3) is 0 Å². The Morgan fingerprint density at radius 1 is 1.07 bits per heavy atom. The maximum absolute atomic E-state index is 12.5. The molecular formula is C20H25BrN2O4S. The molecule has 8 heteroatoms. The van der Waals surface area contributed by atoms with Crippen LogP contribution in [0.1, 0.15) is 26.3 Å². The summed E-state index contributed by atoms with van der Waals surface area (Å²) in [5.74, 6) is 0.355. The van der Waals surface area contributed by atoms with Gasteiger partial charge in [-0.3, -0.25) is 4.79 Å². The molecule has 28 heavy (non-hydrogen) atoms. The lowest BCUT2D eigenvalue weighted by Crippen LogP contribution is -2.36. The monoisotopic (exact) mass is 468 g/mol. The van der Waals surface area contributed by atoms with Crippen molar-refractivity contribution in [3.8, 4) is 5.75 Å². The van der Waals surface area contributed by atoms with Crippen molar-refractivity contribution in [2.24, 2.45) is 0 Å². The molecule has 1 N–H and O–H groups in total. The third-order valence-electron chi connectivity index (χ3n) is 4.29. The van der Waals surface area contributed by atoms with Gasteiger partial charge in [0.1, 0.15) is 5.75 Å². The summed E-state index contributed by atoms with van der Waals surface area (Å²) >= 11 is 3.35. The van der Waals surface area contributed by atoms with E-state index >= 15 is 0 Å². The predicted octanol–water partition coefficient (Wildman–Crippen LogP) is 3.56. The highest BCUT2D eigenvalue weighted by molar-refractivity contribution is 9.10. The number of benzene rings is 2. The highest BCUT2D eigenvalue weighted by atomic mass is 79.9. The molecule has 1 unspecified atom stereocenters. The lowest BCUT2D eigenvalue weighted by atomic mass is 10.2. The number of halogens is 1. The molecule has 0 saturated heterocycles. The third-order valence-corrected chi connectivity index (χ3v) is 6.87. The number of ether oxygens (including phenoxy) is 1. The van der Waals surface area contributed by atoms with Crippen molar-refractivity contribution < 1.29 is 17.9 Å². The van der Waals surface area contributed by atoms with Crippen LogP contribution >= 0.6 is 15.9 Å². The van der Waals surface area contributed by atoms with Gasteiger partial charge >= 0.3 is 0 Å². The van der Waals surface area contributed by atoms with E-state index < -0.39 is 16.1 Å². The molecule has 1 amide bonds. The summed E-state index contributed by atoms with van der Waals surface area (Å²) < 4.78 is 32.8. The van der Waals surface area contributed by atoms with E-state index in [0.717, 1.165) is 10.0 Å². The Morgan fingerprint density at radius 2 is 1.64 bits per heavy atom. The van der Waals surface area contributed by atoms with Crippen LogP contribution in [0.4, 0.5) is 0 Å². The van der Waals surface area contributed by atoms with Gasteiger partial charge in [0.05, 0.1) is 4.90 Å². The van der Waals surface area contributed by atoms with Gasteiger partial charge in [0.2, 0.25) is 10.0 Å². The Kier molecular flexibility index (Phi) is 7.63. The van der Waals surface area contributed by atoms with Gasteiger partial charge in [-0.1, -0.05) is 28.1 Å². The van der Waals surface area contributed by atoms with E-state index in [-0.39, 0.29) is 23.4 Å². The minimum atomic E-state index is -3.51. The van der Waals surface area contributed by atoms with Gasteiger partial charge in [0.25, 0.3) is 5.91 Å². The SMILES string of the molecule is CC(Oc1ccc(Br)cc1)C(=O)NCc1ccc(S(=O)(=O)N(C)C(C)C)cc1. The molecule has 0 aliphatic carbocycles. The molecule has 0 aliphatic heterocycles. The third kappa shape index (κ3) is 5.80. The van der Waals surface area contributed by atoms with Crippen LogP contribution in [0, 0.1) is 0 Å². The zero-order valence-electron chi connectivity index (χ0n) is 16.3. The lowest BCUT2D eigenvalue weighted by Gasteiger charge is -2.21. The second-order valence-electron chi connectivity index (χ2n) is 6.69. The predicted molar refractivity (Wildman–Crippen MR) is 113 cm³/mol. The van der Waals surface area contributed by atoms with Gasteiger partial charge in [-0.2, -0.15) is 4.31 Å². The van der Waals surface area contributed by atoms with Crippen molar-refractivity contribution in [2.45, 2.75) is 44.4 Å².